The lowest BCUT2D eigenvalue weighted by Crippen LogP contribution is -2.16. The second-order valence-electron chi connectivity index (χ2n) is 3.27. The number of halogens is 1. The zero-order valence-corrected chi connectivity index (χ0v) is 10.0. The molecule has 1 aromatic carbocycles. The lowest BCUT2D eigenvalue weighted by Gasteiger charge is -2.11. The number of methoxy groups -OCH3 is 2. The van der Waals surface area contributed by atoms with Crippen LogP contribution in [0.5, 0.6) is 5.75 Å². The van der Waals surface area contributed by atoms with Crippen LogP contribution >= 0.6 is 11.6 Å². The van der Waals surface area contributed by atoms with Gasteiger partial charge in [-0.15, -0.1) is 0 Å². The summed E-state index contributed by atoms with van der Waals surface area (Å²) in [6.07, 6.45) is 0. The van der Waals surface area contributed by atoms with E-state index < -0.39 is 0 Å². The minimum Gasteiger partial charge on any atom is -0.496 e. The first-order valence-corrected chi connectivity index (χ1v) is 5.09. The molecule has 84 valence electrons. The Bertz CT molecular complexity index is 329. The predicted octanol–water partition coefficient (Wildman–Crippen LogP) is 2.35. The smallest absolute Gasteiger partial charge is 0.123 e. The first-order chi connectivity index (χ1) is 7.19. The van der Waals surface area contributed by atoms with Gasteiger partial charge in [-0.1, -0.05) is 11.6 Å². The molecule has 0 aromatic heterocycles. The van der Waals surface area contributed by atoms with Crippen molar-refractivity contribution in [2.75, 3.05) is 21.0 Å². The van der Waals surface area contributed by atoms with Gasteiger partial charge in [-0.3, -0.25) is 5.32 Å². The molecule has 0 heterocycles. The van der Waals surface area contributed by atoms with Crippen LogP contribution in [0.25, 0.3) is 0 Å². The fourth-order valence-electron chi connectivity index (χ4n) is 1.31. The summed E-state index contributed by atoms with van der Waals surface area (Å²) < 4.78 is 10.2. The van der Waals surface area contributed by atoms with Crippen molar-refractivity contribution in [1.29, 1.82) is 0 Å². The fourth-order valence-corrected chi connectivity index (χ4v) is 1.50. The average Bonchev–Trinajstić information content (AvgIpc) is 2.23. The van der Waals surface area contributed by atoms with E-state index in [9.17, 15) is 0 Å². The van der Waals surface area contributed by atoms with Gasteiger partial charge in [0, 0.05) is 24.2 Å². The molecule has 0 aliphatic heterocycles. The fraction of sp³-hybridized carbons (Fsp3) is 0.455. The van der Waals surface area contributed by atoms with E-state index in [4.69, 9.17) is 21.1 Å². The molecule has 0 spiro atoms. The highest BCUT2D eigenvalue weighted by Gasteiger charge is 2.06. The summed E-state index contributed by atoms with van der Waals surface area (Å²) in [5, 5.41) is 3.87. The summed E-state index contributed by atoms with van der Waals surface area (Å²) in [6, 6.07) is 3.85. The molecule has 1 aromatic rings. The number of nitrogens with one attached hydrogen (secondary N) is 1. The standard InChI is InChI=1S/C11H16ClNO2/c1-8-4-11(15-3)9(5-10(8)12)6-13-7-14-2/h4-5,13H,6-7H2,1-3H3. The number of hydrogen-bond donors (Lipinski definition) is 1. The van der Waals surface area contributed by atoms with Gasteiger partial charge in [-0.25, -0.2) is 0 Å². The summed E-state index contributed by atoms with van der Waals surface area (Å²) in [6.45, 7) is 3.14. The van der Waals surface area contributed by atoms with E-state index in [2.05, 4.69) is 5.32 Å². The van der Waals surface area contributed by atoms with Crippen LogP contribution in [-0.2, 0) is 11.3 Å². The topological polar surface area (TPSA) is 30.5 Å². The first-order valence-electron chi connectivity index (χ1n) is 4.71. The Hall–Kier alpha value is -0.770. The second kappa shape index (κ2) is 5.95. The van der Waals surface area contributed by atoms with Crippen molar-refractivity contribution in [3.05, 3.63) is 28.3 Å². The van der Waals surface area contributed by atoms with Gasteiger partial charge in [0.1, 0.15) is 5.75 Å². The quantitative estimate of drug-likeness (QED) is 0.621. The molecule has 0 amide bonds. The van der Waals surface area contributed by atoms with Gasteiger partial charge >= 0.3 is 0 Å². The maximum absolute atomic E-state index is 6.04. The molecule has 0 fully saturated rings. The number of hydrogen-bond acceptors (Lipinski definition) is 3. The lowest BCUT2D eigenvalue weighted by atomic mass is 10.1. The molecule has 15 heavy (non-hydrogen) atoms. The molecular weight excluding hydrogens is 214 g/mol. The number of rotatable bonds is 5. The number of aryl methyl sites for hydroxylation is 1. The molecule has 1 rings (SSSR count). The van der Waals surface area contributed by atoms with Crippen LogP contribution in [0, 0.1) is 6.92 Å². The Kier molecular flexibility index (Phi) is 4.88. The third-order valence-electron chi connectivity index (χ3n) is 2.12. The molecule has 3 nitrogen and oxygen atoms in total. The normalized spacial score (nSPS) is 10.4. The third-order valence-corrected chi connectivity index (χ3v) is 2.53. The van der Waals surface area contributed by atoms with Crippen LogP contribution in [-0.4, -0.2) is 21.0 Å². The van der Waals surface area contributed by atoms with Crippen LogP contribution < -0.4 is 10.1 Å². The maximum Gasteiger partial charge on any atom is 0.123 e. The Morgan fingerprint density at radius 2 is 2.07 bits per heavy atom. The summed E-state index contributed by atoms with van der Waals surface area (Å²) >= 11 is 6.04. The lowest BCUT2D eigenvalue weighted by molar-refractivity contribution is 0.174. The molecule has 4 heteroatoms. The molecule has 0 bridgehead atoms. The van der Waals surface area contributed by atoms with Crippen molar-refractivity contribution >= 4 is 11.6 Å². The van der Waals surface area contributed by atoms with Crippen molar-refractivity contribution < 1.29 is 9.47 Å². The van der Waals surface area contributed by atoms with Crippen molar-refractivity contribution in [3.63, 3.8) is 0 Å². The van der Waals surface area contributed by atoms with E-state index in [1.54, 1.807) is 14.2 Å². The van der Waals surface area contributed by atoms with E-state index in [0.717, 1.165) is 21.9 Å². The zero-order valence-electron chi connectivity index (χ0n) is 9.26. The van der Waals surface area contributed by atoms with Crippen molar-refractivity contribution in [2.45, 2.75) is 13.5 Å². The Morgan fingerprint density at radius 3 is 2.67 bits per heavy atom. The Balaban J connectivity index is 2.80. The maximum atomic E-state index is 6.04. The molecule has 0 aliphatic rings. The summed E-state index contributed by atoms with van der Waals surface area (Å²) in [7, 11) is 3.30. The van der Waals surface area contributed by atoms with Gasteiger partial charge in [0.15, 0.2) is 0 Å². The predicted molar refractivity (Wildman–Crippen MR) is 61.5 cm³/mol. The number of ether oxygens (including phenoxy) is 2. The van der Waals surface area contributed by atoms with E-state index in [1.165, 1.54) is 0 Å². The van der Waals surface area contributed by atoms with E-state index in [-0.39, 0.29) is 0 Å². The average molecular weight is 230 g/mol. The van der Waals surface area contributed by atoms with Crippen LogP contribution in [0.4, 0.5) is 0 Å². The molecule has 0 atom stereocenters. The van der Waals surface area contributed by atoms with Gasteiger partial charge < -0.3 is 9.47 Å². The van der Waals surface area contributed by atoms with Gasteiger partial charge in [-0.05, 0) is 24.6 Å². The molecule has 0 radical (unpaired) electrons. The van der Waals surface area contributed by atoms with E-state index in [1.807, 2.05) is 19.1 Å². The van der Waals surface area contributed by atoms with Crippen LogP contribution in [0.1, 0.15) is 11.1 Å². The minimum absolute atomic E-state index is 0.509. The van der Waals surface area contributed by atoms with Gasteiger partial charge in [0.05, 0.1) is 13.8 Å². The van der Waals surface area contributed by atoms with Crippen molar-refractivity contribution in [1.82, 2.24) is 5.32 Å². The Morgan fingerprint density at radius 1 is 1.33 bits per heavy atom. The molecule has 0 unspecified atom stereocenters. The van der Waals surface area contributed by atoms with Crippen LogP contribution in [0.15, 0.2) is 12.1 Å². The van der Waals surface area contributed by atoms with Gasteiger partial charge in [-0.2, -0.15) is 0 Å². The molecule has 0 aliphatic carbocycles. The third kappa shape index (κ3) is 3.38. The zero-order chi connectivity index (χ0) is 11.3. The van der Waals surface area contributed by atoms with Gasteiger partial charge in [0.25, 0.3) is 0 Å². The summed E-state index contributed by atoms with van der Waals surface area (Å²) in [5.74, 6) is 0.848. The summed E-state index contributed by atoms with van der Waals surface area (Å²) in [5.41, 5.74) is 2.05. The largest absolute Gasteiger partial charge is 0.496 e. The molecular formula is C11H16ClNO2. The highest BCUT2D eigenvalue weighted by Crippen LogP contribution is 2.26. The molecule has 0 saturated heterocycles. The van der Waals surface area contributed by atoms with Crippen molar-refractivity contribution in [3.8, 4) is 5.75 Å². The Labute approximate surface area is 95.3 Å². The number of benzene rings is 1. The van der Waals surface area contributed by atoms with E-state index in [0.29, 0.717) is 13.3 Å². The SMILES string of the molecule is COCNCc1cc(Cl)c(C)cc1OC. The highest BCUT2D eigenvalue weighted by atomic mass is 35.5. The first kappa shape index (κ1) is 12.3. The van der Waals surface area contributed by atoms with Crippen LogP contribution in [0.3, 0.4) is 0 Å². The minimum atomic E-state index is 0.509. The highest BCUT2D eigenvalue weighted by molar-refractivity contribution is 6.31. The van der Waals surface area contributed by atoms with Gasteiger partial charge in [0.2, 0.25) is 0 Å². The second-order valence-corrected chi connectivity index (χ2v) is 3.68. The molecule has 0 saturated carbocycles. The van der Waals surface area contributed by atoms with E-state index >= 15 is 0 Å². The molecule has 1 N–H and O–H groups in total. The van der Waals surface area contributed by atoms with Crippen molar-refractivity contribution in [2.24, 2.45) is 0 Å². The van der Waals surface area contributed by atoms with Crippen LogP contribution in [0.2, 0.25) is 5.02 Å². The summed E-state index contributed by atoms with van der Waals surface area (Å²) in [4.78, 5) is 0. The monoisotopic (exact) mass is 229 g/mol.